The molecule has 3 atom stereocenters. The molecule has 2 aliphatic rings. The molecule has 4 rings (SSSR count). The fraction of sp³-hybridized carbons (Fsp3) is 0.458. The van der Waals surface area contributed by atoms with Crippen molar-refractivity contribution in [1.29, 1.82) is 0 Å². The zero-order valence-corrected chi connectivity index (χ0v) is 19.6. The summed E-state index contributed by atoms with van der Waals surface area (Å²) in [5.74, 6) is -0.463. The smallest absolute Gasteiger partial charge is 0.317 e. The van der Waals surface area contributed by atoms with Gasteiger partial charge in [0, 0.05) is 23.6 Å². The van der Waals surface area contributed by atoms with Gasteiger partial charge in [-0.1, -0.05) is 48.5 Å². The number of benzene rings is 2. The molecule has 0 aromatic heterocycles. The van der Waals surface area contributed by atoms with E-state index >= 15 is 4.39 Å². The van der Waals surface area contributed by atoms with Crippen LogP contribution in [0.4, 0.5) is 18.0 Å². The lowest BCUT2D eigenvalue weighted by atomic mass is 9.91. The first kappa shape index (κ1) is 24.5. The number of hydrogen-bond acceptors (Lipinski definition) is 3. The zero-order chi connectivity index (χ0) is 24.5. The Hall–Kier alpha value is -2.59. The first-order chi connectivity index (χ1) is 16.2. The summed E-state index contributed by atoms with van der Waals surface area (Å²) in [5, 5.41) is 2.52. The van der Waals surface area contributed by atoms with Gasteiger partial charge >= 0.3 is 6.03 Å². The monoisotopic (exact) mass is 495 g/mol. The normalized spacial score (nSPS) is 22.1. The topological polar surface area (TPSA) is 78.5 Å². The SMILES string of the molecule is C[C@@H](F)CNC(=O)N1CC2(CC2)[C@H](NS(=O)(=O)CF)[C@@H]1Cc1cccc(-c2ccccc2)c1F. The quantitative estimate of drug-likeness (QED) is 0.585. The van der Waals surface area contributed by atoms with Crippen LogP contribution in [-0.4, -0.2) is 56.7 Å². The molecule has 34 heavy (non-hydrogen) atoms. The highest BCUT2D eigenvalue weighted by Crippen LogP contribution is 2.55. The predicted octanol–water partition coefficient (Wildman–Crippen LogP) is 3.78. The molecule has 1 aliphatic heterocycles. The van der Waals surface area contributed by atoms with Crippen molar-refractivity contribution in [2.45, 2.75) is 44.4 Å². The third kappa shape index (κ3) is 5.07. The summed E-state index contributed by atoms with van der Waals surface area (Å²) in [4.78, 5) is 14.4. The Balaban J connectivity index is 1.68. The van der Waals surface area contributed by atoms with Crippen molar-refractivity contribution in [3.8, 4) is 11.1 Å². The number of amides is 2. The van der Waals surface area contributed by atoms with Crippen molar-refractivity contribution in [3.63, 3.8) is 0 Å². The first-order valence-electron chi connectivity index (χ1n) is 11.2. The number of rotatable bonds is 8. The van der Waals surface area contributed by atoms with Gasteiger partial charge in [0.15, 0.2) is 0 Å². The van der Waals surface area contributed by atoms with Gasteiger partial charge in [0.25, 0.3) is 0 Å². The van der Waals surface area contributed by atoms with E-state index in [0.717, 1.165) is 0 Å². The zero-order valence-electron chi connectivity index (χ0n) is 18.8. The van der Waals surface area contributed by atoms with Crippen LogP contribution in [0.15, 0.2) is 48.5 Å². The highest BCUT2D eigenvalue weighted by Gasteiger charge is 2.61. The van der Waals surface area contributed by atoms with Gasteiger partial charge in [-0.15, -0.1) is 0 Å². The summed E-state index contributed by atoms with van der Waals surface area (Å²) in [6, 6.07) is 10.3. The summed E-state index contributed by atoms with van der Waals surface area (Å²) in [6.07, 6.45) is 0.0601. The molecule has 10 heteroatoms. The molecular formula is C24H28F3N3O3S. The molecule has 0 radical (unpaired) electrons. The largest absolute Gasteiger partial charge is 0.335 e. The van der Waals surface area contributed by atoms with E-state index in [1.54, 1.807) is 42.5 Å². The maximum Gasteiger partial charge on any atom is 0.317 e. The van der Waals surface area contributed by atoms with Crippen LogP contribution in [-0.2, 0) is 16.4 Å². The highest BCUT2D eigenvalue weighted by molar-refractivity contribution is 7.89. The number of carbonyl (C=O) groups is 1. The third-order valence-electron chi connectivity index (χ3n) is 6.66. The molecule has 2 aromatic carbocycles. The number of likely N-dealkylation sites (tertiary alicyclic amines) is 1. The molecule has 0 bridgehead atoms. The van der Waals surface area contributed by atoms with Gasteiger partial charge in [0.1, 0.15) is 12.0 Å². The van der Waals surface area contributed by atoms with Crippen molar-refractivity contribution < 1.29 is 26.4 Å². The molecular weight excluding hydrogens is 467 g/mol. The molecule has 6 nitrogen and oxygen atoms in total. The van der Waals surface area contributed by atoms with Crippen LogP contribution in [0.3, 0.4) is 0 Å². The maximum absolute atomic E-state index is 15.6. The predicted molar refractivity (Wildman–Crippen MR) is 123 cm³/mol. The second-order valence-corrected chi connectivity index (χ2v) is 10.9. The highest BCUT2D eigenvalue weighted by atomic mass is 32.2. The Kier molecular flexibility index (Phi) is 6.91. The van der Waals surface area contributed by atoms with Crippen LogP contribution in [0.5, 0.6) is 0 Å². The minimum Gasteiger partial charge on any atom is -0.335 e. The van der Waals surface area contributed by atoms with E-state index in [-0.39, 0.29) is 19.5 Å². The molecule has 1 saturated heterocycles. The number of nitrogens with one attached hydrogen (secondary N) is 2. The Bertz CT molecular complexity index is 1140. The van der Waals surface area contributed by atoms with Crippen LogP contribution in [0.1, 0.15) is 25.3 Å². The standard InChI is InChI=1S/C24H28F3N3O3S/c1-16(26)13-28-23(31)30-14-24(10-11-24)22(29-34(32,33)15-25)20(30)12-18-8-5-9-19(21(18)27)17-6-3-2-4-7-17/h2-9,16,20,22,29H,10-15H2,1H3,(H,28,31)/t16-,20+,22-/m1/s1. The summed E-state index contributed by atoms with van der Waals surface area (Å²) >= 11 is 0. The Morgan fingerprint density at radius 3 is 2.50 bits per heavy atom. The Labute approximate surface area is 197 Å². The summed E-state index contributed by atoms with van der Waals surface area (Å²) in [7, 11) is -4.22. The lowest BCUT2D eigenvalue weighted by molar-refractivity contribution is 0.184. The van der Waals surface area contributed by atoms with Crippen molar-refractivity contribution >= 4 is 16.1 Å². The van der Waals surface area contributed by atoms with Gasteiger partial charge in [-0.2, -0.15) is 0 Å². The lowest BCUT2D eigenvalue weighted by Gasteiger charge is -2.29. The van der Waals surface area contributed by atoms with E-state index in [9.17, 15) is 22.0 Å². The maximum atomic E-state index is 15.6. The van der Waals surface area contributed by atoms with Crippen molar-refractivity contribution in [3.05, 3.63) is 59.9 Å². The van der Waals surface area contributed by atoms with Crippen LogP contribution < -0.4 is 10.0 Å². The summed E-state index contributed by atoms with van der Waals surface area (Å²) in [6.45, 7) is 1.34. The van der Waals surface area contributed by atoms with E-state index in [2.05, 4.69) is 10.0 Å². The Morgan fingerprint density at radius 2 is 1.88 bits per heavy atom. The number of sulfonamides is 1. The Morgan fingerprint density at radius 1 is 1.18 bits per heavy atom. The van der Waals surface area contributed by atoms with Crippen LogP contribution in [0.2, 0.25) is 0 Å². The number of hydrogen-bond donors (Lipinski definition) is 2. The third-order valence-corrected chi connectivity index (χ3v) is 7.56. The minimum atomic E-state index is -4.22. The number of urea groups is 1. The number of alkyl halides is 2. The summed E-state index contributed by atoms with van der Waals surface area (Å²) < 4.78 is 68.8. The summed E-state index contributed by atoms with van der Waals surface area (Å²) in [5.41, 5.74) is 0.845. The van der Waals surface area contributed by atoms with E-state index in [4.69, 9.17) is 0 Å². The second-order valence-electron chi connectivity index (χ2n) is 9.19. The van der Waals surface area contributed by atoms with E-state index in [0.29, 0.717) is 29.5 Å². The number of carbonyl (C=O) groups excluding carboxylic acids is 1. The second kappa shape index (κ2) is 9.58. The van der Waals surface area contributed by atoms with Gasteiger partial charge in [-0.3, -0.25) is 0 Å². The number of nitrogens with zero attached hydrogens (tertiary/aromatic N) is 1. The average Bonchev–Trinajstić information content (AvgIpc) is 3.54. The van der Waals surface area contributed by atoms with Gasteiger partial charge in [-0.05, 0) is 37.3 Å². The average molecular weight is 496 g/mol. The van der Waals surface area contributed by atoms with Gasteiger partial charge < -0.3 is 10.2 Å². The first-order valence-corrected chi connectivity index (χ1v) is 12.9. The molecule has 2 aromatic rings. The molecule has 1 heterocycles. The molecule has 0 unspecified atom stereocenters. The molecule has 184 valence electrons. The van der Waals surface area contributed by atoms with E-state index < -0.39 is 51.5 Å². The van der Waals surface area contributed by atoms with Crippen LogP contribution in [0, 0.1) is 11.2 Å². The van der Waals surface area contributed by atoms with Crippen molar-refractivity contribution in [2.75, 3.05) is 19.1 Å². The minimum absolute atomic E-state index is 0.0202. The van der Waals surface area contributed by atoms with Gasteiger partial charge in [-0.25, -0.2) is 31.1 Å². The molecule has 1 saturated carbocycles. The van der Waals surface area contributed by atoms with Gasteiger partial charge in [0.2, 0.25) is 16.0 Å². The molecule has 2 fully saturated rings. The van der Waals surface area contributed by atoms with Crippen LogP contribution >= 0.6 is 0 Å². The number of halogens is 3. The molecule has 1 aliphatic carbocycles. The fourth-order valence-corrected chi connectivity index (χ4v) is 5.64. The van der Waals surface area contributed by atoms with Crippen LogP contribution in [0.25, 0.3) is 11.1 Å². The fourth-order valence-electron chi connectivity index (χ4n) is 4.78. The lowest BCUT2D eigenvalue weighted by Crippen LogP contribution is -2.52. The molecule has 1 spiro atoms. The molecule has 2 amide bonds. The van der Waals surface area contributed by atoms with Gasteiger partial charge in [0.05, 0.1) is 12.6 Å². The van der Waals surface area contributed by atoms with E-state index in [1.165, 1.54) is 11.8 Å². The van der Waals surface area contributed by atoms with Crippen molar-refractivity contribution in [2.24, 2.45) is 5.41 Å². The molecule has 2 N–H and O–H groups in total. The van der Waals surface area contributed by atoms with Crippen molar-refractivity contribution in [1.82, 2.24) is 14.9 Å². The van der Waals surface area contributed by atoms with E-state index in [1.807, 2.05) is 6.07 Å².